The van der Waals surface area contributed by atoms with Gasteiger partial charge in [0, 0.05) is 6.42 Å². The molecule has 1 aliphatic carbocycles. The van der Waals surface area contributed by atoms with E-state index in [1.165, 1.54) is 0 Å². The lowest BCUT2D eigenvalue weighted by Gasteiger charge is -2.40. The van der Waals surface area contributed by atoms with Crippen LogP contribution >= 0.6 is 0 Å². The van der Waals surface area contributed by atoms with Gasteiger partial charge in [-0.05, 0) is 40.8 Å². The zero-order chi connectivity index (χ0) is 21.6. The van der Waals surface area contributed by atoms with Crippen LogP contribution in [0.3, 0.4) is 0 Å². The minimum absolute atomic E-state index is 0.473. The van der Waals surface area contributed by atoms with E-state index < -0.39 is 42.3 Å². The average Bonchev–Trinajstić information content (AvgIpc) is 2.73. The molecular weight excluding hydrogens is 382 g/mol. The summed E-state index contributed by atoms with van der Waals surface area (Å²) in [6.07, 6.45) is -4.83. The van der Waals surface area contributed by atoms with E-state index in [-0.39, 0.29) is 0 Å². The van der Waals surface area contributed by atoms with Gasteiger partial charge >= 0.3 is 0 Å². The molecule has 2 aliphatic rings. The van der Waals surface area contributed by atoms with Gasteiger partial charge in [-0.3, -0.25) is 0 Å². The molecule has 1 heterocycles. The zero-order valence-corrected chi connectivity index (χ0v) is 16.7. The van der Waals surface area contributed by atoms with Crippen LogP contribution in [0.2, 0.25) is 0 Å². The number of methoxy groups -OCH3 is 1. The third kappa shape index (κ3) is 3.67. The highest BCUT2D eigenvalue weighted by Gasteiger charge is 2.44. The lowest BCUT2D eigenvalue weighted by molar-refractivity contribution is -0.231. The molecule has 4 rings (SSSR count). The van der Waals surface area contributed by atoms with Crippen molar-refractivity contribution < 1.29 is 29.9 Å². The molecule has 1 aliphatic heterocycles. The van der Waals surface area contributed by atoms with E-state index in [2.05, 4.69) is 0 Å². The predicted octanol–water partition coefficient (Wildman–Crippen LogP) is -0.153. The molecule has 1 fully saturated rings. The first-order valence-corrected chi connectivity index (χ1v) is 9.92. The van der Waals surface area contributed by atoms with Crippen LogP contribution in [0.5, 0.6) is 5.75 Å². The van der Waals surface area contributed by atoms with Crippen molar-refractivity contribution >= 4 is 15.7 Å². The highest BCUT2D eigenvalue weighted by molar-refractivity contribution is 6.41. The topological polar surface area (TPSA) is 99.4 Å². The summed E-state index contributed by atoms with van der Waals surface area (Å²) in [6, 6.07) is 11.4. The molecule has 4 N–H and O–H groups in total. The van der Waals surface area contributed by atoms with Crippen molar-refractivity contribution in [3.8, 4) is 5.75 Å². The van der Waals surface area contributed by atoms with Crippen LogP contribution in [-0.4, -0.2) is 74.3 Å². The Hall–Kier alpha value is -1.83. The van der Waals surface area contributed by atoms with Crippen LogP contribution in [0.15, 0.2) is 36.4 Å². The molecule has 8 heteroatoms. The molecule has 30 heavy (non-hydrogen) atoms. The zero-order valence-electron chi connectivity index (χ0n) is 16.7. The predicted molar refractivity (Wildman–Crippen MR) is 112 cm³/mol. The summed E-state index contributed by atoms with van der Waals surface area (Å²) in [5.41, 5.74) is 4.55. The molecule has 6 nitrogen and oxygen atoms in total. The van der Waals surface area contributed by atoms with Crippen molar-refractivity contribution in [2.75, 3.05) is 13.7 Å². The van der Waals surface area contributed by atoms with Crippen LogP contribution in [0.25, 0.3) is 0 Å². The minimum Gasteiger partial charge on any atom is -0.496 e. The third-order valence-corrected chi connectivity index (χ3v) is 6.08. The smallest absolute Gasteiger partial charge is 0.122 e. The SMILES string of the molecule is [B]C1([B])Cc2ccc(Cc3cc([C@@H]4O[C@H](CO)[C@@H](O)[C@H](O)[C@H]4O)ccc3OC)cc21. The maximum Gasteiger partial charge on any atom is 0.122 e. The van der Waals surface area contributed by atoms with Gasteiger partial charge in [0.25, 0.3) is 0 Å². The molecule has 0 bridgehead atoms. The Kier molecular flexibility index (Phi) is 5.72. The average molecular weight is 406 g/mol. The molecule has 4 radical (unpaired) electrons. The standard InChI is InChI=1S/C22H24B2O6/c1-29-16-5-4-12(21-20(28)19(27)18(26)17(10-25)30-21)8-14(16)6-11-2-3-13-9-22(23,24)15(13)7-11/h2-5,7-8,17-21,25-28H,6,9-10H2,1H3/t17-,18-,19+,20-,21+/m1/s1. The molecule has 0 saturated carbocycles. The number of fused-ring (bicyclic) bond motifs is 1. The Morgan fingerprint density at radius 2 is 1.83 bits per heavy atom. The normalized spacial score (nSPS) is 29.7. The molecule has 2 aromatic rings. The number of aliphatic hydroxyl groups is 4. The Bertz CT molecular complexity index is 932. The number of hydrogen-bond donors (Lipinski definition) is 4. The molecule has 0 spiro atoms. The van der Waals surface area contributed by atoms with Crippen LogP contribution in [-0.2, 0) is 22.8 Å². The first-order valence-electron chi connectivity index (χ1n) is 9.92. The van der Waals surface area contributed by atoms with Crippen LogP contribution < -0.4 is 4.74 Å². The summed E-state index contributed by atoms with van der Waals surface area (Å²) in [5, 5.41) is 39.2. The number of benzene rings is 2. The van der Waals surface area contributed by atoms with Gasteiger partial charge in [0.15, 0.2) is 0 Å². The highest BCUT2D eigenvalue weighted by Crippen LogP contribution is 2.38. The minimum atomic E-state index is -1.43. The maximum atomic E-state index is 10.4. The van der Waals surface area contributed by atoms with E-state index in [1.54, 1.807) is 19.2 Å². The molecule has 2 aromatic carbocycles. The first-order chi connectivity index (χ1) is 14.2. The van der Waals surface area contributed by atoms with Gasteiger partial charge in [0.2, 0.25) is 0 Å². The fourth-order valence-corrected chi connectivity index (χ4v) is 4.34. The molecule has 5 atom stereocenters. The number of rotatable bonds is 5. The summed E-state index contributed by atoms with van der Waals surface area (Å²) in [4.78, 5) is 0. The lowest BCUT2D eigenvalue weighted by Crippen LogP contribution is -2.55. The maximum absolute atomic E-state index is 10.4. The molecule has 0 amide bonds. The van der Waals surface area contributed by atoms with Gasteiger partial charge in [-0.1, -0.05) is 35.0 Å². The second-order valence-electron chi connectivity index (χ2n) is 8.21. The van der Waals surface area contributed by atoms with Crippen LogP contribution in [0, 0.1) is 0 Å². The Balaban J connectivity index is 1.64. The second kappa shape index (κ2) is 8.02. The fraction of sp³-hybridized carbons (Fsp3) is 0.455. The summed E-state index contributed by atoms with van der Waals surface area (Å²) in [6.45, 7) is -0.473. The number of hydrogen-bond acceptors (Lipinski definition) is 6. The second-order valence-corrected chi connectivity index (χ2v) is 8.21. The van der Waals surface area contributed by atoms with Crippen molar-refractivity contribution in [3.63, 3.8) is 0 Å². The Labute approximate surface area is 178 Å². The molecule has 154 valence electrons. The molecule has 1 saturated heterocycles. The third-order valence-electron chi connectivity index (χ3n) is 6.08. The van der Waals surface area contributed by atoms with Crippen LogP contribution in [0.4, 0.5) is 0 Å². The van der Waals surface area contributed by atoms with Crippen molar-refractivity contribution in [2.24, 2.45) is 0 Å². The van der Waals surface area contributed by atoms with E-state index in [1.807, 2.05) is 24.3 Å². The van der Waals surface area contributed by atoms with Crippen molar-refractivity contribution in [1.29, 1.82) is 0 Å². The van der Waals surface area contributed by atoms with Gasteiger partial charge in [0.1, 0.15) is 36.3 Å². The quantitative estimate of drug-likeness (QED) is 0.516. The molecular formula is C22H24B2O6. The molecule has 0 aromatic heterocycles. The van der Waals surface area contributed by atoms with E-state index in [0.29, 0.717) is 24.2 Å². The van der Waals surface area contributed by atoms with E-state index in [0.717, 1.165) is 22.3 Å². The Morgan fingerprint density at radius 3 is 2.50 bits per heavy atom. The lowest BCUT2D eigenvalue weighted by atomic mass is 9.42. The highest BCUT2D eigenvalue weighted by atomic mass is 16.5. The van der Waals surface area contributed by atoms with Crippen molar-refractivity contribution in [1.82, 2.24) is 0 Å². The monoisotopic (exact) mass is 406 g/mol. The van der Waals surface area contributed by atoms with Gasteiger partial charge < -0.3 is 29.9 Å². The largest absolute Gasteiger partial charge is 0.496 e. The number of ether oxygens (including phenoxy) is 2. The van der Waals surface area contributed by atoms with Gasteiger partial charge in [-0.2, -0.15) is 0 Å². The van der Waals surface area contributed by atoms with Gasteiger partial charge in [0.05, 0.1) is 29.4 Å². The van der Waals surface area contributed by atoms with Crippen molar-refractivity contribution in [3.05, 3.63) is 64.2 Å². The number of aliphatic hydroxyl groups excluding tert-OH is 4. The summed E-state index contributed by atoms with van der Waals surface area (Å²) in [7, 11) is 13.7. The van der Waals surface area contributed by atoms with E-state index >= 15 is 0 Å². The molecule has 0 unspecified atom stereocenters. The summed E-state index contributed by atoms with van der Waals surface area (Å²) in [5.74, 6) is 0.665. The fourth-order valence-electron chi connectivity index (χ4n) is 4.34. The van der Waals surface area contributed by atoms with Gasteiger partial charge in [-0.25, -0.2) is 0 Å². The van der Waals surface area contributed by atoms with Crippen LogP contribution in [0.1, 0.15) is 33.9 Å². The summed E-state index contributed by atoms with van der Waals surface area (Å²) < 4.78 is 11.2. The van der Waals surface area contributed by atoms with Crippen molar-refractivity contribution in [2.45, 2.75) is 48.6 Å². The first kappa shape index (κ1) is 21.4. The summed E-state index contributed by atoms with van der Waals surface area (Å²) >= 11 is 0. The van der Waals surface area contributed by atoms with E-state index in [9.17, 15) is 20.4 Å². The Morgan fingerprint density at radius 1 is 1.07 bits per heavy atom. The van der Waals surface area contributed by atoms with E-state index in [4.69, 9.17) is 25.2 Å². The van der Waals surface area contributed by atoms with Gasteiger partial charge in [-0.15, -0.1) is 0 Å².